The SMILES string of the molecule is CCOCCNCc1ccc(C)c(Br)c1. The van der Waals surface area contributed by atoms with Crippen LogP contribution >= 0.6 is 15.9 Å². The van der Waals surface area contributed by atoms with Crippen molar-refractivity contribution < 1.29 is 4.74 Å². The minimum Gasteiger partial charge on any atom is -0.380 e. The van der Waals surface area contributed by atoms with E-state index in [0.717, 1.165) is 26.3 Å². The summed E-state index contributed by atoms with van der Waals surface area (Å²) >= 11 is 3.53. The summed E-state index contributed by atoms with van der Waals surface area (Å²) in [5.74, 6) is 0. The van der Waals surface area contributed by atoms with Gasteiger partial charge in [-0.2, -0.15) is 0 Å². The van der Waals surface area contributed by atoms with Gasteiger partial charge in [0.1, 0.15) is 0 Å². The minimum absolute atomic E-state index is 0.781. The molecule has 2 nitrogen and oxygen atoms in total. The third-order valence-corrected chi connectivity index (χ3v) is 3.05. The second kappa shape index (κ2) is 6.99. The van der Waals surface area contributed by atoms with Gasteiger partial charge in [-0.25, -0.2) is 0 Å². The van der Waals surface area contributed by atoms with Crippen LogP contribution in [0.4, 0.5) is 0 Å². The van der Waals surface area contributed by atoms with Gasteiger partial charge in [-0.15, -0.1) is 0 Å². The molecule has 0 bridgehead atoms. The summed E-state index contributed by atoms with van der Waals surface area (Å²) in [5, 5.41) is 3.34. The highest BCUT2D eigenvalue weighted by Crippen LogP contribution is 2.17. The quantitative estimate of drug-likeness (QED) is 0.804. The van der Waals surface area contributed by atoms with Crippen molar-refractivity contribution in [3.8, 4) is 0 Å². The predicted molar refractivity (Wildman–Crippen MR) is 67.1 cm³/mol. The second-order valence-corrected chi connectivity index (χ2v) is 4.31. The third kappa shape index (κ3) is 4.78. The van der Waals surface area contributed by atoms with Gasteiger partial charge in [-0.05, 0) is 31.0 Å². The van der Waals surface area contributed by atoms with Crippen molar-refractivity contribution in [2.75, 3.05) is 19.8 Å². The average molecular weight is 272 g/mol. The number of rotatable bonds is 6. The normalized spacial score (nSPS) is 10.6. The van der Waals surface area contributed by atoms with Crippen LogP contribution in [0.2, 0.25) is 0 Å². The molecule has 1 N–H and O–H groups in total. The molecule has 0 heterocycles. The molecular formula is C12H18BrNO. The molecule has 0 aliphatic rings. The van der Waals surface area contributed by atoms with Gasteiger partial charge in [0.15, 0.2) is 0 Å². The molecule has 0 fully saturated rings. The van der Waals surface area contributed by atoms with Crippen LogP contribution in [0, 0.1) is 6.92 Å². The zero-order chi connectivity index (χ0) is 11.1. The van der Waals surface area contributed by atoms with Crippen LogP contribution in [0.5, 0.6) is 0 Å². The van der Waals surface area contributed by atoms with E-state index in [0.29, 0.717) is 0 Å². The summed E-state index contributed by atoms with van der Waals surface area (Å²) < 4.78 is 6.42. The molecule has 0 saturated carbocycles. The van der Waals surface area contributed by atoms with Crippen molar-refractivity contribution in [2.45, 2.75) is 20.4 Å². The summed E-state index contributed by atoms with van der Waals surface area (Å²) in [6.45, 7) is 7.47. The lowest BCUT2D eigenvalue weighted by Gasteiger charge is -2.06. The maximum absolute atomic E-state index is 5.24. The molecule has 15 heavy (non-hydrogen) atoms. The summed E-state index contributed by atoms with van der Waals surface area (Å²) in [6.07, 6.45) is 0. The molecule has 0 unspecified atom stereocenters. The van der Waals surface area contributed by atoms with E-state index in [-0.39, 0.29) is 0 Å². The first-order chi connectivity index (χ1) is 7.24. The Morgan fingerprint density at radius 3 is 2.87 bits per heavy atom. The Bertz CT molecular complexity index is 302. The fourth-order valence-corrected chi connectivity index (χ4v) is 1.69. The molecule has 0 amide bonds. The van der Waals surface area contributed by atoms with E-state index in [1.807, 2.05) is 6.92 Å². The molecule has 84 valence electrons. The van der Waals surface area contributed by atoms with Crippen LogP contribution in [-0.2, 0) is 11.3 Å². The van der Waals surface area contributed by atoms with E-state index >= 15 is 0 Å². The number of halogens is 1. The molecule has 0 aliphatic heterocycles. The fourth-order valence-electron chi connectivity index (χ4n) is 1.27. The topological polar surface area (TPSA) is 21.3 Å². The molecule has 1 rings (SSSR count). The number of aryl methyl sites for hydroxylation is 1. The molecule has 3 heteroatoms. The van der Waals surface area contributed by atoms with Crippen molar-refractivity contribution in [3.63, 3.8) is 0 Å². The first kappa shape index (κ1) is 12.7. The standard InChI is InChI=1S/C12H18BrNO/c1-3-15-7-6-14-9-11-5-4-10(2)12(13)8-11/h4-5,8,14H,3,6-7,9H2,1-2H3. The Kier molecular flexibility index (Phi) is 5.91. The summed E-state index contributed by atoms with van der Waals surface area (Å²) in [6, 6.07) is 6.43. The number of nitrogens with one attached hydrogen (secondary N) is 1. The van der Waals surface area contributed by atoms with E-state index in [9.17, 15) is 0 Å². The van der Waals surface area contributed by atoms with Crippen LogP contribution < -0.4 is 5.32 Å². The van der Waals surface area contributed by atoms with E-state index < -0.39 is 0 Å². The van der Waals surface area contributed by atoms with Crippen molar-refractivity contribution in [1.29, 1.82) is 0 Å². The molecule has 1 aromatic carbocycles. The van der Waals surface area contributed by atoms with Gasteiger partial charge < -0.3 is 10.1 Å². The molecule has 1 aromatic rings. The lowest BCUT2D eigenvalue weighted by molar-refractivity contribution is 0.149. The Balaban J connectivity index is 2.28. The van der Waals surface area contributed by atoms with Gasteiger partial charge in [0.25, 0.3) is 0 Å². The second-order valence-electron chi connectivity index (χ2n) is 3.46. The third-order valence-electron chi connectivity index (χ3n) is 2.19. The van der Waals surface area contributed by atoms with Gasteiger partial charge in [0.2, 0.25) is 0 Å². The number of ether oxygens (including phenoxy) is 1. The zero-order valence-corrected chi connectivity index (χ0v) is 10.9. The Morgan fingerprint density at radius 1 is 1.40 bits per heavy atom. The fraction of sp³-hybridized carbons (Fsp3) is 0.500. The number of benzene rings is 1. The van der Waals surface area contributed by atoms with Crippen LogP contribution in [0.25, 0.3) is 0 Å². The van der Waals surface area contributed by atoms with Crippen molar-refractivity contribution >= 4 is 15.9 Å². The van der Waals surface area contributed by atoms with Crippen molar-refractivity contribution in [2.24, 2.45) is 0 Å². The van der Waals surface area contributed by atoms with E-state index in [2.05, 4.69) is 46.4 Å². The summed E-state index contributed by atoms with van der Waals surface area (Å²) in [4.78, 5) is 0. The molecule has 0 saturated heterocycles. The van der Waals surface area contributed by atoms with Gasteiger partial charge in [-0.3, -0.25) is 0 Å². The summed E-state index contributed by atoms with van der Waals surface area (Å²) in [7, 11) is 0. The largest absolute Gasteiger partial charge is 0.380 e. The van der Waals surface area contributed by atoms with Gasteiger partial charge in [0.05, 0.1) is 6.61 Å². The van der Waals surface area contributed by atoms with E-state index in [1.54, 1.807) is 0 Å². The molecule has 0 atom stereocenters. The smallest absolute Gasteiger partial charge is 0.0590 e. The molecule has 0 aliphatic carbocycles. The van der Waals surface area contributed by atoms with Crippen LogP contribution in [0.15, 0.2) is 22.7 Å². The molecular weight excluding hydrogens is 254 g/mol. The molecule has 0 aromatic heterocycles. The molecule has 0 radical (unpaired) electrons. The van der Waals surface area contributed by atoms with Gasteiger partial charge >= 0.3 is 0 Å². The summed E-state index contributed by atoms with van der Waals surface area (Å²) in [5.41, 5.74) is 2.57. The van der Waals surface area contributed by atoms with Crippen LogP contribution in [0.1, 0.15) is 18.1 Å². The van der Waals surface area contributed by atoms with E-state index in [4.69, 9.17) is 4.74 Å². The maximum Gasteiger partial charge on any atom is 0.0590 e. The van der Waals surface area contributed by atoms with Crippen LogP contribution in [-0.4, -0.2) is 19.8 Å². The zero-order valence-electron chi connectivity index (χ0n) is 9.35. The Labute approximate surface area is 100 Å². The Hall–Kier alpha value is -0.380. The Morgan fingerprint density at radius 2 is 2.20 bits per heavy atom. The van der Waals surface area contributed by atoms with Crippen LogP contribution in [0.3, 0.4) is 0 Å². The van der Waals surface area contributed by atoms with Gasteiger partial charge in [0, 0.05) is 24.2 Å². The number of hydrogen-bond donors (Lipinski definition) is 1. The molecule has 0 spiro atoms. The lowest BCUT2D eigenvalue weighted by atomic mass is 10.1. The maximum atomic E-state index is 5.24. The van der Waals surface area contributed by atoms with Crippen molar-refractivity contribution in [1.82, 2.24) is 5.32 Å². The van der Waals surface area contributed by atoms with E-state index in [1.165, 1.54) is 15.6 Å². The highest BCUT2D eigenvalue weighted by atomic mass is 79.9. The monoisotopic (exact) mass is 271 g/mol. The predicted octanol–water partition coefficient (Wildman–Crippen LogP) is 2.88. The highest BCUT2D eigenvalue weighted by Gasteiger charge is 1.96. The number of hydrogen-bond acceptors (Lipinski definition) is 2. The first-order valence-electron chi connectivity index (χ1n) is 5.27. The first-order valence-corrected chi connectivity index (χ1v) is 6.07. The van der Waals surface area contributed by atoms with Gasteiger partial charge in [-0.1, -0.05) is 28.1 Å². The van der Waals surface area contributed by atoms with Crippen molar-refractivity contribution in [3.05, 3.63) is 33.8 Å². The highest BCUT2D eigenvalue weighted by molar-refractivity contribution is 9.10. The lowest BCUT2D eigenvalue weighted by Crippen LogP contribution is -2.19. The average Bonchev–Trinajstić information content (AvgIpc) is 2.23. The minimum atomic E-state index is 0.781.